The molecule has 33 heavy (non-hydrogen) atoms. The first-order chi connectivity index (χ1) is 15.8. The Morgan fingerprint density at radius 2 is 1.85 bits per heavy atom. The van der Waals surface area contributed by atoms with E-state index < -0.39 is 20.3 Å². The molecule has 0 unspecified atom stereocenters. The van der Waals surface area contributed by atoms with Crippen LogP contribution in [-0.2, 0) is 9.84 Å². The third-order valence-corrected chi connectivity index (χ3v) is 6.91. The Hall–Kier alpha value is -3.93. The number of fused-ring (bicyclic) bond motifs is 1. The van der Waals surface area contributed by atoms with Crippen LogP contribution in [0.25, 0.3) is 11.7 Å². The highest BCUT2D eigenvalue weighted by Gasteiger charge is 2.23. The van der Waals surface area contributed by atoms with Crippen LogP contribution in [0.15, 0.2) is 87.5 Å². The van der Waals surface area contributed by atoms with Gasteiger partial charge in [-0.2, -0.15) is 10.2 Å². The van der Waals surface area contributed by atoms with E-state index in [2.05, 4.69) is 4.98 Å². The summed E-state index contributed by atoms with van der Waals surface area (Å²) in [6, 6.07) is 19.1. The van der Waals surface area contributed by atoms with Crippen molar-refractivity contribution < 1.29 is 13.2 Å². The number of aromatic nitrogens is 2. The number of sulfone groups is 1. The second kappa shape index (κ2) is 8.90. The van der Waals surface area contributed by atoms with Crippen LogP contribution in [0.1, 0.15) is 11.1 Å². The smallest absolute Gasteiger partial charge is 0.269 e. The number of halogens is 1. The van der Waals surface area contributed by atoms with Crippen molar-refractivity contribution in [2.75, 3.05) is 0 Å². The van der Waals surface area contributed by atoms with Gasteiger partial charge in [-0.15, -0.1) is 0 Å². The number of ether oxygens (including phenoxy) is 1. The van der Waals surface area contributed by atoms with Crippen molar-refractivity contribution in [3.05, 3.63) is 104 Å². The van der Waals surface area contributed by atoms with Crippen molar-refractivity contribution in [3.63, 3.8) is 0 Å². The predicted molar refractivity (Wildman–Crippen MR) is 125 cm³/mol. The Balaban J connectivity index is 1.94. The van der Waals surface area contributed by atoms with Crippen LogP contribution in [0.4, 0.5) is 0 Å². The molecule has 0 radical (unpaired) electrons. The monoisotopic (exact) mass is 477 g/mol. The van der Waals surface area contributed by atoms with Gasteiger partial charge in [-0.3, -0.25) is 9.20 Å². The maximum absolute atomic E-state index is 13.2. The highest BCUT2D eigenvalue weighted by molar-refractivity contribution is 7.95. The quantitative estimate of drug-likeness (QED) is 0.383. The topological polar surface area (TPSA) is 102 Å². The number of pyridine rings is 1. The van der Waals surface area contributed by atoms with Crippen LogP contribution >= 0.6 is 11.6 Å². The lowest BCUT2D eigenvalue weighted by Gasteiger charge is -2.11. The molecule has 7 nitrogen and oxygen atoms in total. The zero-order valence-electron chi connectivity index (χ0n) is 17.3. The fourth-order valence-corrected chi connectivity index (χ4v) is 4.38. The van der Waals surface area contributed by atoms with Crippen molar-refractivity contribution in [2.45, 2.75) is 11.8 Å². The highest BCUT2D eigenvalue weighted by atomic mass is 35.5. The van der Waals surface area contributed by atoms with Gasteiger partial charge in [0.15, 0.2) is 0 Å². The Bertz CT molecular complexity index is 1600. The van der Waals surface area contributed by atoms with E-state index in [9.17, 15) is 18.5 Å². The van der Waals surface area contributed by atoms with E-state index in [1.165, 1.54) is 22.7 Å². The molecule has 2 heterocycles. The largest absolute Gasteiger partial charge is 0.438 e. The second-order valence-corrected chi connectivity index (χ2v) is 9.34. The van der Waals surface area contributed by atoms with Gasteiger partial charge in [0.25, 0.3) is 5.56 Å². The van der Waals surface area contributed by atoms with Crippen LogP contribution < -0.4 is 10.3 Å². The summed E-state index contributed by atoms with van der Waals surface area (Å²) in [5.74, 6) is 0.215. The second-order valence-electron chi connectivity index (χ2n) is 7.01. The summed E-state index contributed by atoms with van der Waals surface area (Å²) in [6.07, 6.45) is 2.49. The average molecular weight is 478 g/mol. The van der Waals surface area contributed by atoms with Crippen molar-refractivity contribution >= 4 is 33.2 Å². The number of rotatable bonds is 5. The van der Waals surface area contributed by atoms with Gasteiger partial charge in [-0.25, -0.2) is 8.42 Å². The van der Waals surface area contributed by atoms with Crippen LogP contribution in [0.3, 0.4) is 0 Å². The van der Waals surface area contributed by atoms with Gasteiger partial charge < -0.3 is 4.74 Å². The van der Waals surface area contributed by atoms with Gasteiger partial charge in [-0.1, -0.05) is 35.9 Å². The summed E-state index contributed by atoms with van der Waals surface area (Å²) in [6.45, 7) is 1.79. The standard InChI is InChI=1S/C24H16ClN3O4S/c1-16-13-17(10-11-21(16)25)32-23-20(24(29)28-12-6-5-9-22(28)27-23)14-19(15-26)33(30,31)18-7-3-2-4-8-18/h2-14H,1H3. The van der Waals surface area contributed by atoms with E-state index in [4.69, 9.17) is 16.3 Å². The first-order valence-corrected chi connectivity index (χ1v) is 11.5. The van der Waals surface area contributed by atoms with Crippen LogP contribution in [0.5, 0.6) is 11.6 Å². The molecule has 0 bridgehead atoms. The summed E-state index contributed by atoms with van der Waals surface area (Å²) >= 11 is 6.08. The summed E-state index contributed by atoms with van der Waals surface area (Å²) in [7, 11) is -4.17. The van der Waals surface area contributed by atoms with Gasteiger partial charge >= 0.3 is 0 Å². The number of hydrogen-bond acceptors (Lipinski definition) is 6. The maximum Gasteiger partial charge on any atom is 0.269 e. The third kappa shape index (κ3) is 4.37. The number of allylic oxidation sites excluding steroid dienone is 1. The van der Waals surface area contributed by atoms with Crippen LogP contribution in [0.2, 0.25) is 5.02 Å². The average Bonchev–Trinajstić information content (AvgIpc) is 2.82. The summed E-state index contributed by atoms with van der Waals surface area (Å²) in [5, 5.41) is 10.2. The van der Waals surface area contributed by atoms with E-state index in [1.54, 1.807) is 67.6 Å². The Morgan fingerprint density at radius 3 is 2.55 bits per heavy atom. The molecular formula is C24H16ClN3O4S. The first kappa shape index (κ1) is 22.3. The lowest BCUT2D eigenvalue weighted by atomic mass is 10.2. The molecule has 0 amide bonds. The van der Waals surface area contributed by atoms with Crippen molar-refractivity contribution in [3.8, 4) is 17.7 Å². The lowest BCUT2D eigenvalue weighted by molar-refractivity contribution is 0.460. The van der Waals surface area contributed by atoms with Crippen molar-refractivity contribution in [1.82, 2.24) is 9.38 Å². The van der Waals surface area contributed by atoms with Gasteiger partial charge in [0, 0.05) is 11.2 Å². The number of nitriles is 1. The molecule has 0 aliphatic heterocycles. The number of benzene rings is 2. The Morgan fingerprint density at radius 1 is 1.12 bits per heavy atom. The minimum Gasteiger partial charge on any atom is -0.438 e. The SMILES string of the molecule is Cc1cc(Oc2nc3ccccn3c(=O)c2C=C(C#N)S(=O)(=O)c2ccccc2)ccc1Cl. The van der Waals surface area contributed by atoms with Crippen LogP contribution in [-0.4, -0.2) is 17.8 Å². The molecule has 0 atom stereocenters. The molecule has 0 aliphatic carbocycles. The van der Waals surface area contributed by atoms with E-state index in [1.807, 2.05) is 0 Å². The molecule has 4 aromatic rings. The summed E-state index contributed by atoms with van der Waals surface area (Å²) in [4.78, 5) is 17.0. The molecule has 0 fully saturated rings. The molecule has 0 aliphatic rings. The molecule has 4 rings (SSSR count). The third-order valence-electron chi connectivity index (χ3n) is 4.81. The van der Waals surface area contributed by atoms with Crippen LogP contribution in [0, 0.1) is 18.3 Å². The van der Waals surface area contributed by atoms with E-state index in [0.717, 1.165) is 11.6 Å². The van der Waals surface area contributed by atoms with E-state index in [-0.39, 0.29) is 16.3 Å². The van der Waals surface area contributed by atoms with Gasteiger partial charge in [0.2, 0.25) is 15.7 Å². The molecule has 164 valence electrons. The Labute approximate surface area is 194 Å². The zero-order chi connectivity index (χ0) is 23.6. The molecule has 2 aromatic heterocycles. The molecule has 0 saturated heterocycles. The molecule has 0 saturated carbocycles. The predicted octanol–water partition coefficient (Wildman–Crippen LogP) is 4.79. The molecule has 2 aromatic carbocycles. The minimum absolute atomic E-state index is 0.0672. The molecular weight excluding hydrogens is 462 g/mol. The van der Waals surface area contributed by atoms with Gasteiger partial charge in [0.1, 0.15) is 27.9 Å². The summed E-state index contributed by atoms with van der Waals surface area (Å²) < 4.78 is 33.1. The number of aryl methyl sites for hydroxylation is 1. The maximum atomic E-state index is 13.2. The fraction of sp³-hybridized carbons (Fsp3) is 0.0417. The lowest BCUT2D eigenvalue weighted by Crippen LogP contribution is -2.19. The summed E-state index contributed by atoms with van der Waals surface area (Å²) in [5.41, 5.74) is 0.276. The fourth-order valence-electron chi connectivity index (χ4n) is 3.10. The molecule has 9 heteroatoms. The Kier molecular flexibility index (Phi) is 6.01. The highest BCUT2D eigenvalue weighted by Crippen LogP contribution is 2.28. The van der Waals surface area contributed by atoms with E-state index in [0.29, 0.717) is 16.4 Å². The number of nitrogens with zero attached hydrogens (tertiary/aromatic N) is 3. The van der Waals surface area contributed by atoms with Gasteiger partial charge in [0.05, 0.1) is 4.90 Å². The molecule has 0 spiro atoms. The zero-order valence-corrected chi connectivity index (χ0v) is 18.8. The van der Waals surface area contributed by atoms with E-state index >= 15 is 0 Å². The minimum atomic E-state index is -4.17. The molecule has 0 N–H and O–H groups in total. The van der Waals surface area contributed by atoms with Crippen molar-refractivity contribution in [1.29, 1.82) is 5.26 Å². The number of hydrogen-bond donors (Lipinski definition) is 0. The normalized spacial score (nSPS) is 11.8. The van der Waals surface area contributed by atoms with Gasteiger partial charge in [-0.05, 0) is 61.0 Å². The van der Waals surface area contributed by atoms with Crippen molar-refractivity contribution in [2.24, 2.45) is 0 Å². The first-order valence-electron chi connectivity index (χ1n) is 9.68.